The van der Waals surface area contributed by atoms with Crippen LogP contribution in [0.15, 0.2) is 48.5 Å². The predicted molar refractivity (Wildman–Crippen MR) is 112 cm³/mol. The van der Waals surface area contributed by atoms with Crippen LogP contribution in [0.1, 0.15) is 38.0 Å². The minimum atomic E-state index is -0.699. The van der Waals surface area contributed by atoms with Crippen LogP contribution in [0.5, 0.6) is 5.75 Å². The summed E-state index contributed by atoms with van der Waals surface area (Å²) >= 11 is 4.13. The zero-order valence-electron chi connectivity index (χ0n) is 16.4. The van der Waals surface area contributed by atoms with E-state index in [2.05, 4.69) is 12.6 Å². The van der Waals surface area contributed by atoms with Gasteiger partial charge in [-0.25, -0.2) is 0 Å². The zero-order chi connectivity index (χ0) is 21.7. The number of fused-ring (bicyclic) bond motifs is 1. The maximum atomic E-state index is 12.2. The predicted octanol–water partition coefficient (Wildman–Crippen LogP) is 2.65. The Kier molecular flexibility index (Phi) is 6.89. The molecule has 0 fully saturated rings. The van der Waals surface area contributed by atoms with E-state index in [-0.39, 0.29) is 36.0 Å². The van der Waals surface area contributed by atoms with Gasteiger partial charge in [-0.2, -0.15) is 12.6 Å². The zero-order valence-corrected chi connectivity index (χ0v) is 17.3. The average molecular weight is 427 g/mol. The third-order valence-corrected chi connectivity index (χ3v) is 5.19. The number of esters is 1. The number of benzene rings is 2. The van der Waals surface area contributed by atoms with Gasteiger partial charge < -0.3 is 9.47 Å². The molecule has 1 aliphatic heterocycles. The summed E-state index contributed by atoms with van der Waals surface area (Å²) in [6.45, 7) is 1.41. The Morgan fingerprint density at radius 3 is 2.13 bits per heavy atom. The smallest absolute Gasteiger partial charge is 0.326 e. The summed E-state index contributed by atoms with van der Waals surface area (Å²) in [5, 5.41) is 0. The highest BCUT2D eigenvalue weighted by molar-refractivity contribution is 7.80. The lowest BCUT2D eigenvalue weighted by molar-refractivity contribution is -0.144. The van der Waals surface area contributed by atoms with Gasteiger partial charge in [-0.1, -0.05) is 19.1 Å². The van der Waals surface area contributed by atoms with Gasteiger partial charge in [0.1, 0.15) is 25.5 Å². The van der Waals surface area contributed by atoms with E-state index in [9.17, 15) is 19.2 Å². The summed E-state index contributed by atoms with van der Waals surface area (Å²) in [4.78, 5) is 49.4. The van der Waals surface area contributed by atoms with Gasteiger partial charge in [0.05, 0.1) is 11.1 Å². The second-order valence-electron chi connectivity index (χ2n) is 6.78. The molecule has 1 aliphatic rings. The molecule has 156 valence electrons. The number of ketones is 1. The molecule has 0 radical (unpaired) electrons. The van der Waals surface area contributed by atoms with Gasteiger partial charge in [-0.15, -0.1) is 0 Å². The molecule has 30 heavy (non-hydrogen) atoms. The summed E-state index contributed by atoms with van der Waals surface area (Å²) < 4.78 is 10.5. The number of imide groups is 1. The van der Waals surface area contributed by atoms with Crippen molar-refractivity contribution in [3.63, 3.8) is 0 Å². The van der Waals surface area contributed by atoms with E-state index in [0.29, 0.717) is 17.1 Å². The molecule has 2 aromatic carbocycles. The number of amides is 2. The number of ether oxygens (including phenoxy) is 2. The minimum absolute atomic E-state index is 0.0126. The van der Waals surface area contributed by atoms with Crippen molar-refractivity contribution < 1.29 is 28.7 Å². The fourth-order valence-corrected chi connectivity index (χ4v) is 3.12. The third kappa shape index (κ3) is 4.71. The lowest BCUT2D eigenvalue weighted by Gasteiger charge is -2.13. The first-order valence-electron chi connectivity index (χ1n) is 9.41. The molecule has 1 atom stereocenters. The Labute approximate surface area is 179 Å². The van der Waals surface area contributed by atoms with E-state index in [1.165, 1.54) is 0 Å². The van der Waals surface area contributed by atoms with Gasteiger partial charge >= 0.3 is 5.97 Å². The quantitative estimate of drug-likeness (QED) is 0.218. The van der Waals surface area contributed by atoms with Crippen LogP contribution in [0.25, 0.3) is 0 Å². The lowest BCUT2D eigenvalue weighted by Crippen LogP contribution is -2.36. The van der Waals surface area contributed by atoms with Crippen LogP contribution < -0.4 is 4.74 Å². The molecule has 1 heterocycles. The maximum absolute atomic E-state index is 12.2. The monoisotopic (exact) mass is 427 g/mol. The molecule has 8 heteroatoms. The Hall–Kier alpha value is -3.13. The van der Waals surface area contributed by atoms with Gasteiger partial charge in [-0.3, -0.25) is 24.1 Å². The molecule has 0 aromatic heterocycles. The van der Waals surface area contributed by atoms with Gasteiger partial charge in [0.2, 0.25) is 0 Å². The first-order chi connectivity index (χ1) is 14.4. The Balaban J connectivity index is 1.43. The topological polar surface area (TPSA) is 90.0 Å². The average Bonchev–Trinajstić information content (AvgIpc) is 3.01. The highest BCUT2D eigenvalue weighted by Gasteiger charge is 2.36. The molecular formula is C22H21NO6S. The Morgan fingerprint density at radius 1 is 0.967 bits per heavy atom. The molecule has 0 saturated carbocycles. The van der Waals surface area contributed by atoms with Gasteiger partial charge in [0.15, 0.2) is 5.78 Å². The van der Waals surface area contributed by atoms with Crippen LogP contribution in [0.3, 0.4) is 0 Å². The molecule has 3 rings (SSSR count). The van der Waals surface area contributed by atoms with E-state index in [1.54, 1.807) is 48.5 Å². The largest absolute Gasteiger partial charge is 0.490 e. The fraction of sp³-hybridized carbons (Fsp3) is 0.273. The van der Waals surface area contributed by atoms with E-state index in [1.807, 2.05) is 6.92 Å². The fourth-order valence-electron chi connectivity index (χ4n) is 2.96. The summed E-state index contributed by atoms with van der Waals surface area (Å²) in [6.07, 6.45) is 0. The summed E-state index contributed by atoms with van der Waals surface area (Å²) in [7, 11) is 0. The molecule has 2 aromatic rings. The minimum Gasteiger partial charge on any atom is -0.490 e. The number of hydrogen-bond donors (Lipinski definition) is 1. The molecule has 0 N–H and O–H groups in total. The summed E-state index contributed by atoms with van der Waals surface area (Å²) in [6, 6.07) is 13.1. The van der Waals surface area contributed by atoms with Crippen molar-refractivity contribution in [2.45, 2.75) is 6.92 Å². The second-order valence-corrected chi connectivity index (χ2v) is 7.15. The van der Waals surface area contributed by atoms with E-state index < -0.39 is 24.3 Å². The number of thiol groups is 1. The number of hydrogen-bond acceptors (Lipinski definition) is 7. The van der Waals surface area contributed by atoms with Crippen LogP contribution in [0.4, 0.5) is 0 Å². The normalized spacial score (nSPS) is 13.7. The van der Waals surface area contributed by atoms with E-state index in [0.717, 1.165) is 4.90 Å². The van der Waals surface area contributed by atoms with E-state index >= 15 is 0 Å². The molecule has 0 spiro atoms. The van der Waals surface area contributed by atoms with Crippen molar-refractivity contribution in [1.82, 2.24) is 4.90 Å². The van der Waals surface area contributed by atoms with Crippen LogP contribution in [0, 0.1) is 5.92 Å². The molecule has 0 saturated heterocycles. The van der Waals surface area contributed by atoms with Crippen molar-refractivity contribution in [2.24, 2.45) is 5.92 Å². The van der Waals surface area contributed by atoms with Crippen LogP contribution in [-0.4, -0.2) is 54.0 Å². The van der Waals surface area contributed by atoms with Crippen LogP contribution in [-0.2, 0) is 9.53 Å². The Morgan fingerprint density at radius 2 is 1.57 bits per heavy atom. The van der Waals surface area contributed by atoms with Crippen molar-refractivity contribution in [2.75, 3.05) is 25.5 Å². The molecule has 0 aliphatic carbocycles. The molecule has 1 unspecified atom stereocenters. The Bertz CT molecular complexity index is 937. The highest BCUT2D eigenvalue weighted by Crippen LogP contribution is 2.22. The lowest BCUT2D eigenvalue weighted by atomic mass is 10.0. The number of carbonyl (C=O) groups is 4. The van der Waals surface area contributed by atoms with Gasteiger partial charge in [0.25, 0.3) is 11.8 Å². The van der Waals surface area contributed by atoms with Gasteiger partial charge in [-0.05, 0) is 36.4 Å². The van der Waals surface area contributed by atoms with Crippen LogP contribution >= 0.6 is 12.6 Å². The van der Waals surface area contributed by atoms with Crippen molar-refractivity contribution >= 4 is 36.2 Å². The molecular weight excluding hydrogens is 406 g/mol. The number of nitrogens with zero attached hydrogens (tertiary/aromatic N) is 1. The third-order valence-electron chi connectivity index (χ3n) is 4.64. The standard InChI is InChI=1S/C22H21NO6S/c1-14(13-30)20(25)15-6-8-16(9-7-15)28-10-11-29-19(24)12-23-21(26)17-4-2-3-5-18(17)22(23)27/h2-9,14,30H,10-13H2,1H3. The summed E-state index contributed by atoms with van der Waals surface area (Å²) in [5.74, 6) is -0.865. The SMILES string of the molecule is CC(CS)C(=O)c1ccc(OCCOC(=O)CN2C(=O)c3ccccc3C2=O)cc1. The molecule has 7 nitrogen and oxygen atoms in total. The summed E-state index contributed by atoms with van der Waals surface area (Å²) in [5.41, 5.74) is 1.14. The van der Waals surface area contributed by atoms with Crippen molar-refractivity contribution in [1.29, 1.82) is 0 Å². The van der Waals surface area contributed by atoms with Crippen molar-refractivity contribution in [3.8, 4) is 5.75 Å². The number of Topliss-reactive ketones (excluding diaryl/α,β-unsaturated/α-hetero) is 1. The first-order valence-corrected chi connectivity index (χ1v) is 10.0. The number of rotatable bonds is 9. The van der Waals surface area contributed by atoms with Crippen LogP contribution in [0.2, 0.25) is 0 Å². The first kappa shape index (κ1) is 21.6. The molecule has 2 amide bonds. The second kappa shape index (κ2) is 9.58. The maximum Gasteiger partial charge on any atom is 0.326 e. The van der Waals surface area contributed by atoms with E-state index in [4.69, 9.17) is 9.47 Å². The van der Waals surface area contributed by atoms with Crippen molar-refractivity contribution in [3.05, 3.63) is 65.2 Å². The number of carbonyl (C=O) groups excluding carboxylic acids is 4. The van der Waals surface area contributed by atoms with Gasteiger partial charge in [0, 0.05) is 17.2 Å². The molecule has 0 bridgehead atoms. The highest BCUT2D eigenvalue weighted by atomic mass is 32.1.